The van der Waals surface area contributed by atoms with Crippen molar-refractivity contribution < 1.29 is 4.39 Å². The molecule has 0 N–H and O–H groups in total. The molecule has 0 radical (unpaired) electrons. The summed E-state index contributed by atoms with van der Waals surface area (Å²) >= 11 is 0. The van der Waals surface area contributed by atoms with Crippen molar-refractivity contribution in [3.05, 3.63) is 24.4 Å². The van der Waals surface area contributed by atoms with Crippen LogP contribution < -0.4 is 0 Å². The van der Waals surface area contributed by atoms with E-state index in [1.54, 1.807) is 0 Å². The lowest BCUT2D eigenvalue weighted by molar-refractivity contribution is 0.723. The van der Waals surface area contributed by atoms with Crippen molar-refractivity contribution in [3.8, 4) is 0 Å². The molecule has 26 valence electrons. The van der Waals surface area contributed by atoms with E-state index in [-0.39, 0.29) is 6.33 Å². The molecule has 0 heterocycles. The maximum absolute atomic E-state index is 10.7. The van der Waals surface area contributed by atoms with Gasteiger partial charge in [0.25, 0.3) is 0 Å². The van der Waals surface area contributed by atoms with E-state index in [1.165, 1.54) is 0 Å². The highest BCUT2D eigenvalue weighted by Crippen LogP contribution is 1.57. The van der Waals surface area contributed by atoms with E-state index >= 15 is 0 Å². The fourth-order valence-corrected chi connectivity index (χ4v) is 0.0386. The zero-order valence-corrected chi connectivity index (χ0v) is 2.66. The van der Waals surface area contributed by atoms with Crippen LogP contribution in [0.25, 0.3) is 0 Å². The van der Waals surface area contributed by atoms with Crippen LogP contribution in [0, 0.1) is 0 Å². The molecule has 0 atom stereocenters. The van der Waals surface area contributed by atoms with Crippen LogP contribution in [-0.2, 0) is 0 Å². The summed E-state index contributed by atoms with van der Waals surface area (Å²) in [4.78, 5) is 0. The lowest BCUT2D eigenvalue weighted by Gasteiger charge is -1.37. The molecule has 0 aromatic rings. The van der Waals surface area contributed by atoms with Gasteiger partial charge in [0.1, 0.15) is 6.33 Å². The Bertz CT molecular complexity index is 81.8. The Morgan fingerprint density at radius 3 is 2.40 bits per heavy atom. The molecule has 0 amide bonds. The van der Waals surface area contributed by atoms with Crippen LogP contribution >= 0.6 is 0 Å². The molecule has 0 spiro atoms. The average molecular weight is 70.1 g/mol. The van der Waals surface area contributed by atoms with Crippen molar-refractivity contribution in [3.63, 3.8) is 0 Å². The normalized spacial score (nSPS) is 4.20. The van der Waals surface area contributed by atoms with Gasteiger partial charge in [-0.05, 0) is 12.3 Å². The molecule has 0 fully saturated rings. The van der Waals surface area contributed by atoms with E-state index in [2.05, 4.69) is 12.3 Å². The highest BCUT2D eigenvalue weighted by Gasteiger charge is 1.34. The monoisotopic (exact) mass is 70.0 g/mol. The molecular formula is C4H3F. The molecular weight excluding hydrogens is 67.0 g/mol. The van der Waals surface area contributed by atoms with Crippen molar-refractivity contribution in [1.29, 1.82) is 0 Å². The first-order chi connectivity index (χ1) is 2.41. The summed E-state index contributed by atoms with van der Waals surface area (Å²) in [6, 6.07) is 0. The van der Waals surface area contributed by atoms with Gasteiger partial charge in [0.05, 0.1) is 0 Å². The molecule has 0 bridgehead atoms. The zero-order chi connectivity index (χ0) is 4.12. The Kier molecular flexibility index (Phi) is 2.73. The number of halogens is 1. The van der Waals surface area contributed by atoms with E-state index < -0.39 is 0 Å². The molecule has 0 aliphatic heterocycles. The third-order valence-electron chi connectivity index (χ3n) is 0.157. The summed E-state index contributed by atoms with van der Waals surface area (Å²) in [7, 11) is 0. The number of rotatable bonds is 0. The van der Waals surface area contributed by atoms with Crippen LogP contribution in [0.1, 0.15) is 0 Å². The Hall–Kier alpha value is -0.770. The Balaban J connectivity index is 3.75. The van der Waals surface area contributed by atoms with Gasteiger partial charge in [0.2, 0.25) is 0 Å². The molecule has 0 aliphatic rings. The lowest BCUT2D eigenvalue weighted by Crippen LogP contribution is -1.14. The maximum atomic E-state index is 10.7. The summed E-state index contributed by atoms with van der Waals surface area (Å²) in [6.07, 6.45) is 0.257. The van der Waals surface area contributed by atoms with Crippen molar-refractivity contribution in [1.82, 2.24) is 0 Å². The summed E-state index contributed by atoms with van der Waals surface area (Å²) in [5.74, 6) is 0. The second-order valence-corrected chi connectivity index (χ2v) is 0.430. The molecule has 1 heteroatoms. The summed E-state index contributed by atoms with van der Waals surface area (Å²) < 4.78 is 10.7. The summed E-state index contributed by atoms with van der Waals surface area (Å²) in [5, 5.41) is 0. The fourth-order valence-electron chi connectivity index (χ4n) is 0.0386. The highest BCUT2D eigenvalue weighted by molar-refractivity contribution is 4.71. The van der Waals surface area contributed by atoms with Crippen molar-refractivity contribution in [2.45, 2.75) is 0 Å². The van der Waals surface area contributed by atoms with Gasteiger partial charge in [0.15, 0.2) is 0 Å². The van der Waals surface area contributed by atoms with Crippen molar-refractivity contribution in [2.75, 3.05) is 0 Å². The SMILES string of the molecule is C=C=C=CF. The molecule has 0 saturated heterocycles. The molecule has 0 rings (SSSR count). The summed E-state index contributed by atoms with van der Waals surface area (Å²) in [6.45, 7) is 3.04. The van der Waals surface area contributed by atoms with Crippen LogP contribution in [0.5, 0.6) is 0 Å². The molecule has 0 aromatic heterocycles. The molecule has 0 saturated carbocycles. The predicted octanol–water partition coefficient (Wildman–Crippen LogP) is 1.41. The van der Waals surface area contributed by atoms with Gasteiger partial charge >= 0.3 is 0 Å². The Morgan fingerprint density at radius 2 is 2.40 bits per heavy atom. The fraction of sp³-hybridized carbons (Fsp3) is 0. The second-order valence-electron chi connectivity index (χ2n) is 0.430. The first-order valence-corrected chi connectivity index (χ1v) is 1.11. The number of hydrogen-bond donors (Lipinski definition) is 0. The van der Waals surface area contributed by atoms with Crippen LogP contribution in [0.3, 0.4) is 0 Å². The minimum atomic E-state index is 0.257. The molecule has 5 heavy (non-hydrogen) atoms. The minimum absolute atomic E-state index is 0.257. The van der Waals surface area contributed by atoms with Crippen LogP contribution in [0.4, 0.5) is 4.39 Å². The molecule has 0 nitrogen and oxygen atoms in total. The van der Waals surface area contributed by atoms with Gasteiger partial charge in [-0.25, -0.2) is 4.39 Å². The topological polar surface area (TPSA) is 0 Å². The highest BCUT2D eigenvalue weighted by atomic mass is 19.1. The largest absolute Gasteiger partial charge is 0.206 e. The summed E-state index contributed by atoms with van der Waals surface area (Å²) in [5.41, 5.74) is 4.05. The van der Waals surface area contributed by atoms with Crippen LogP contribution in [0.2, 0.25) is 0 Å². The van der Waals surface area contributed by atoms with Gasteiger partial charge in [0, 0.05) is 0 Å². The average Bonchev–Trinajstić information content (AvgIpc) is 1.41. The minimum Gasteiger partial charge on any atom is -0.206 e. The third-order valence-corrected chi connectivity index (χ3v) is 0.157. The lowest BCUT2D eigenvalue weighted by atomic mass is 10.8. The van der Waals surface area contributed by atoms with E-state index in [1.807, 2.05) is 5.73 Å². The van der Waals surface area contributed by atoms with E-state index in [0.717, 1.165) is 0 Å². The predicted molar refractivity (Wildman–Crippen MR) is 18.3 cm³/mol. The smallest absolute Gasteiger partial charge is 0.137 e. The van der Waals surface area contributed by atoms with Crippen molar-refractivity contribution in [2.24, 2.45) is 0 Å². The Labute approximate surface area is 29.9 Å². The van der Waals surface area contributed by atoms with E-state index in [9.17, 15) is 4.39 Å². The first-order valence-electron chi connectivity index (χ1n) is 1.11. The van der Waals surface area contributed by atoms with Gasteiger partial charge in [-0.1, -0.05) is 5.73 Å². The van der Waals surface area contributed by atoms with Gasteiger partial charge in [-0.3, -0.25) is 0 Å². The van der Waals surface area contributed by atoms with Crippen LogP contribution in [-0.4, -0.2) is 0 Å². The van der Waals surface area contributed by atoms with Crippen LogP contribution in [0.15, 0.2) is 24.4 Å². The van der Waals surface area contributed by atoms with Crippen molar-refractivity contribution >= 4 is 0 Å². The second kappa shape index (κ2) is 3.23. The first kappa shape index (κ1) is 4.23. The molecule has 0 aliphatic carbocycles. The standard InChI is InChI=1S/C4H3F/c1-2-3-4-5/h4H,1H2. The maximum Gasteiger partial charge on any atom is 0.137 e. The molecule has 0 unspecified atom stereocenters. The number of hydrogen-bond acceptors (Lipinski definition) is 0. The van der Waals surface area contributed by atoms with Gasteiger partial charge in [-0.15, -0.1) is 0 Å². The molecule has 0 aromatic carbocycles. The Morgan fingerprint density at radius 1 is 1.80 bits per heavy atom. The van der Waals surface area contributed by atoms with E-state index in [0.29, 0.717) is 0 Å². The quantitative estimate of drug-likeness (QED) is 0.378. The van der Waals surface area contributed by atoms with Gasteiger partial charge < -0.3 is 0 Å². The third kappa shape index (κ3) is 3.23. The van der Waals surface area contributed by atoms with Gasteiger partial charge in [-0.2, -0.15) is 0 Å². The van der Waals surface area contributed by atoms with E-state index in [4.69, 9.17) is 0 Å². The zero-order valence-electron chi connectivity index (χ0n) is 2.66.